The first-order chi connectivity index (χ1) is 18.0. The van der Waals surface area contributed by atoms with Crippen molar-refractivity contribution in [2.24, 2.45) is 0 Å². The number of benzene rings is 4. The maximum Gasteiger partial charge on any atom is 0.255 e. The lowest BCUT2D eigenvalue weighted by Crippen LogP contribution is -2.12. The highest BCUT2D eigenvalue weighted by molar-refractivity contribution is 6.34. The van der Waals surface area contributed by atoms with Gasteiger partial charge in [0.25, 0.3) is 5.91 Å². The third-order valence-corrected chi connectivity index (χ3v) is 6.73. The Morgan fingerprint density at radius 2 is 1.84 bits per heavy atom. The Kier molecular flexibility index (Phi) is 7.24. The fourth-order valence-electron chi connectivity index (χ4n) is 4.03. The number of anilines is 1. The lowest BCUT2D eigenvalue weighted by molar-refractivity contribution is 0.102. The number of amides is 1. The fourth-order valence-corrected chi connectivity index (χ4v) is 4.19. The standard InChI is InChI=1S/C31H27ClN2O3/c1-3-20(2)22-13-15-29-28(17-22)34-31(37-29)24-12-14-26(32)27(18-24)33-30(35)23-10-7-11-25(16-23)36-19-21-8-5-4-6-9-21/h4-18,20H,3,19H2,1-2H3,(H,33,35). The second kappa shape index (κ2) is 10.9. The van der Waals surface area contributed by atoms with Crippen LogP contribution < -0.4 is 10.1 Å². The Morgan fingerprint density at radius 3 is 2.65 bits per heavy atom. The number of rotatable bonds is 8. The molecule has 0 bridgehead atoms. The first kappa shape index (κ1) is 24.6. The molecule has 1 unspecified atom stereocenters. The zero-order valence-corrected chi connectivity index (χ0v) is 21.5. The number of aromatic nitrogens is 1. The number of nitrogens with zero attached hydrogens (tertiary/aromatic N) is 1. The molecule has 1 N–H and O–H groups in total. The Labute approximate surface area is 221 Å². The monoisotopic (exact) mass is 510 g/mol. The van der Waals surface area contributed by atoms with E-state index in [2.05, 4.69) is 36.3 Å². The third kappa shape index (κ3) is 5.68. The van der Waals surface area contributed by atoms with Gasteiger partial charge in [0.2, 0.25) is 5.89 Å². The molecule has 1 heterocycles. The summed E-state index contributed by atoms with van der Waals surface area (Å²) >= 11 is 6.42. The van der Waals surface area contributed by atoms with Crippen molar-refractivity contribution in [1.29, 1.82) is 0 Å². The van der Waals surface area contributed by atoms with Crippen LogP contribution in [-0.4, -0.2) is 10.9 Å². The maximum absolute atomic E-state index is 13.0. The number of hydrogen-bond acceptors (Lipinski definition) is 4. The van der Waals surface area contributed by atoms with Crippen LogP contribution in [0.1, 0.15) is 47.7 Å². The van der Waals surface area contributed by atoms with E-state index in [1.807, 2.05) is 48.5 Å². The quantitative estimate of drug-likeness (QED) is 0.227. The fraction of sp³-hybridized carbons (Fsp3) is 0.161. The van der Waals surface area contributed by atoms with Crippen LogP contribution >= 0.6 is 11.6 Å². The molecule has 186 valence electrons. The molecular formula is C31H27ClN2O3. The van der Waals surface area contributed by atoms with E-state index in [1.54, 1.807) is 30.3 Å². The molecule has 5 nitrogen and oxygen atoms in total. The molecule has 4 aromatic carbocycles. The molecule has 0 aliphatic heterocycles. The molecule has 0 radical (unpaired) electrons. The summed E-state index contributed by atoms with van der Waals surface area (Å²) in [5.41, 5.74) is 5.47. The van der Waals surface area contributed by atoms with E-state index in [1.165, 1.54) is 5.56 Å². The predicted molar refractivity (Wildman–Crippen MR) is 148 cm³/mol. The second-order valence-electron chi connectivity index (χ2n) is 9.01. The average molecular weight is 511 g/mol. The molecular weight excluding hydrogens is 484 g/mol. The minimum Gasteiger partial charge on any atom is -0.489 e. The largest absolute Gasteiger partial charge is 0.489 e. The smallest absolute Gasteiger partial charge is 0.255 e. The Morgan fingerprint density at radius 1 is 1.00 bits per heavy atom. The van der Waals surface area contributed by atoms with Gasteiger partial charge in [0.15, 0.2) is 5.58 Å². The predicted octanol–water partition coefficient (Wildman–Crippen LogP) is 8.49. The van der Waals surface area contributed by atoms with E-state index < -0.39 is 0 Å². The number of halogens is 1. The zero-order valence-electron chi connectivity index (χ0n) is 20.7. The summed E-state index contributed by atoms with van der Waals surface area (Å²) in [6.07, 6.45) is 1.05. The molecule has 1 aromatic heterocycles. The van der Waals surface area contributed by atoms with E-state index in [4.69, 9.17) is 20.8 Å². The zero-order chi connectivity index (χ0) is 25.8. The maximum atomic E-state index is 13.0. The van der Waals surface area contributed by atoms with Crippen LogP contribution in [0, 0.1) is 0 Å². The van der Waals surface area contributed by atoms with Crippen LogP contribution in [0.3, 0.4) is 0 Å². The number of nitrogens with one attached hydrogen (secondary N) is 1. The summed E-state index contributed by atoms with van der Waals surface area (Å²) < 4.78 is 11.9. The summed E-state index contributed by atoms with van der Waals surface area (Å²) in [6, 6.07) is 28.4. The Hall–Kier alpha value is -4.09. The van der Waals surface area contributed by atoms with Crippen LogP contribution in [0.25, 0.3) is 22.6 Å². The number of carbonyl (C=O) groups is 1. The number of hydrogen-bond donors (Lipinski definition) is 1. The van der Waals surface area contributed by atoms with Gasteiger partial charge in [0, 0.05) is 11.1 Å². The second-order valence-corrected chi connectivity index (χ2v) is 9.41. The summed E-state index contributed by atoms with van der Waals surface area (Å²) in [7, 11) is 0. The highest BCUT2D eigenvalue weighted by atomic mass is 35.5. The first-order valence-electron chi connectivity index (χ1n) is 12.3. The lowest BCUT2D eigenvalue weighted by atomic mass is 9.98. The van der Waals surface area contributed by atoms with Gasteiger partial charge in [0.05, 0.1) is 10.7 Å². The van der Waals surface area contributed by atoms with E-state index in [0.717, 1.165) is 28.6 Å². The molecule has 1 atom stereocenters. The van der Waals surface area contributed by atoms with Gasteiger partial charge in [-0.15, -0.1) is 0 Å². The van der Waals surface area contributed by atoms with E-state index >= 15 is 0 Å². The van der Waals surface area contributed by atoms with Crippen molar-refractivity contribution in [2.45, 2.75) is 32.8 Å². The van der Waals surface area contributed by atoms with E-state index in [9.17, 15) is 4.79 Å². The van der Waals surface area contributed by atoms with Gasteiger partial charge in [-0.25, -0.2) is 4.98 Å². The summed E-state index contributed by atoms with van der Waals surface area (Å²) in [6.45, 7) is 4.78. The van der Waals surface area contributed by atoms with Crippen LogP contribution in [0.2, 0.25) is 5.02 Å². The van der Waals surface area contributed by atoms with Crippen LogP contribution in [0.4, 0.5) is 5.69 Å². The molecule has 0 spiro atoms. The molecule has 0 aliphatic rings. The molecule has 6 heteroatoms. The van der Waals surface area contributed by atoms with Gasteiger partial charge < -0.3 is 14.5 Å². The molecule has 0 saturated carbocycles. The molecule has 5 rings (SSSR count). The Balaban J connectivity index is 1.34. The van der Waals surface area contributed by atoms with Crippen molar-refractivity contribution in [3.8, 4) is 17.2 Å². The average Bonchev–Trinajstić information content (AvgIpc) is 3.37. The minimum absolute atomic E-state index is 0.292. The number of carbonyl (C=O) groups excluding carboxylic acids is 1. The normalized spacial score (nSPS) is 11.9. The molecule has 1 amide bonds. The number of ether oxygens (including phenoxy) is 1. The van der Waals surface area contributed by atoms with Gasteiger partial charge in [-0.1, -0.05) is 67.9 Å². The highest BCUT2D eigenvalue weighted by Gasteiger charge is 2.15. The van der Waals surface area contributed by atoms with Crippen LogP contribution in [-0.2, 0) is 6.61 Å². The topological polar surface area (TPSA) is 64.4 Å². The van der Waals surface area contributed by atoms with Crippen molar-refractivity contribution in [3.63, 3.8) is 0 Å². The van der Waals surface area contributed by atoms with Crippen molar-refractivity contribution in [2.75, 3.05) is 5.32 Å². The summed E-state index contributed by atoms with van der Waals surface area (Å²) in [4.78, 5) is 17.7. The number of fused-ring (bicyclic) bond motifs is 1. The number of oxazole rings is 1. The summed E-state index contributed by atoms with van der Waals surface area (Å²) in [5, 5.41) is 3.33. The van der Waals surface area contributed by atoms with Crippen molar-refractivity contribution >= 4 is 34.3 Å². The molecule has 37 heavy (non-hydrogen) atoms. The lowest BCUT2D eigenvalue weighted by Gasteiger charge is -2.10. The van der Waals surface area contributed by atoms with Crippen molar-refractivity contribution in [3.05, 3.63) is 113 Å². The first-order valence-corrected chi connectivity index (χ1v) is 12.7. The van der Waals surface area contributed by atoms with Crippen LogP contribution in [0.15, 0.2) is 95.4 Å². The SMILES string of the molecule is CCC(C)c1ccc2oc(-c3ccc(Cl)c(NC(=O)c4cccc(OCc5ccccc5)c4)c3)nc2c1. The minimum atomic E-state index is -0.292. The van der Waals surface area contributed by atoms with E-state index in [-0.39, 0.29) is 5.91 Å². The van der Waals surface area contributed by atoms with Gasteiger partial charge in [-0.3, -0.25) is 4.79 Å². The molecule has 0 fully saturated rings. The summed E-state index contributed by atoms with van der Waals surface area (Å²) in [5.74, 6) is 1.24. The van der Waals surface area contributed by atoms with Gasteiger partial charge >= 0.3 is 0 Å². The third-order valence-electron chi connectivity index (χ3n) is 6.40. The van der Waals surface area contributed by atoms with Gasteiger partial charge in [-0.2, -0.15) is 0 Å². The van der Waals surface area contributed by atoms with Crippen molar-refractivity contribution in [1.82, 2.24) is 4.98 Å². The van der Waals surface area contributed by atoms with Crippen molar-refractivity contribution < 1.29 is 13.9 Å². The van der Waals surface area contributed by atoms with E-state index in [0.29, 0.717) is 40.4 Å². The van der Waals surface area contributed by atoms with Crippen LogP contribution in [0.5, 0.6) is 5.75 Å². The molecule has 0 aliphatic carbocycles. The molecule has 0 saturated heterocycles. The Bertz CT molecular complexity index is 1550. The van der Waals surface area contributed by atoms with Gasteiger partial charge in [0.1, 0.15) is 17.9 Å². The van der Waals surface area contributed by atoms with Gasteiger partial charge in [-0.05, 0) is 72.0 Å². The molecule has 5 aromatic rings. The highest BCUT2D eigenvalue weighted by Crippen LogP contribution is 2.32.